The monoisotopic (exact) mass is 309 g/mol. The van der Waals surface area contributed by atoms with Crippen molar-refractivity contribution in [2.75, 3.05) is 13.1 Å². The highest BCUT2D eigenvalue weighted by atomic mass is 35.5. The highest BCUT2D eigenvalue weighted by molar-refractivity contribution is 7.14. The summed E-state index contributed by atoms with van der Waals surface area (Å²) in [6, 6.07) is 5.99. The third-order valence-electron chi connectivity index (χ3n) is 2.93. The Kier molecular flexibility index (Phi) is 5.95. The fourth-order valence-corrected chi connectivity index (χ4v) is 3.16. The van der Waals surface area contributed by atoms with Crippen LogP contribution in [0.1, 0.15) is 30.3 Å². The smallest absolute Gasteiger partial charge is 0.147 e. The van der Waals surface area contributed by atoms with Crippen LogP contribution in [0.15, 0.2) is 18.2 Å². The topological polar surface area (TPSA) is 37.8 Å². The molecular weight excluding hydrogens is 290 g/mol. The molecule has 0 aliphatic heterocycles. The van der Waals surface area contributed by atoms with E-state index in [9.17, 15) is 0 Å². The molecule has 0 fully saturated rings. The zero-order valence-corrected chi connectivity index (χ0v) is 13.5. The van der Waals surface area contributed by atoms with Crippen molar-refractivity contribution in [2.45, 2.75) is 33.1 Å². The summed E-state index contributed by atoms with van der Waals surface area (Å²) in [6.45, 7) is 6.34. The van der Waals surface area contributed by atoms with Gasteiger partial charge in [0.15, 0.2) is 0 Å². The number of hydrogen-bond donors (Lipinski definition) is 1. The Hall–Kier alpha value is -0.970. The first-order valence-corrected chi connectivity index (χ1v) is 8.19. The minimum Gasteiger partial charge on any atom is -0.317 e. The van der Waals surface area contributed by atoms with Crippen molar-refractivity contribution >= 4 is 22.9 Å². The molecule has 108 valence electrons. The fraction of sp³-hybridized carbons (Fsp3) is 0.467. The molecule has 0 aliphatic rings. The Morgan fingerprint density at radius 1 is 1.20 bits per heavy atom. The number of aryl methyl sites for hydroxylation is 2. The lowest BCUT2D eigenvalue weighted by molar-refractivity contribution is 0.637. The zero-order chi connectivity index (χ0) is 14.4. The molecule has 1 aromatic carbocycles. The van der Waals surface area contributed by atoms with E-state index in [4.69, 9.17) is 11.6 Å². The summed E-state index contributed by atoms with van der Waals surface area (Å²) in [5.74, 6) is 0. The molecule has 1 N–H and O–H groups in total. The molecule has 1 heterocycles. The van der Waals surface area contributed by atoms with Gasteiger partial charge in [0.1, 0.15) is 10.0 Å². The predicted molar refractivity (Wildman–Crippen MR) is 86.6 cm³/mol. The van der Waals surface area contributed by atoms with Crippen molar-refractivity contribution in [1.29, 1.82) is 0 Å². The van der Waals surface area contributed by atoms with E-state index in [-0.39, 0.29) is 0 Å². The normalized spacial score (nSPS) is 10.9. The second-order valence-corrected chi connectivity index (χ2v) is 6.37. The number of nitrogens with one attached hydrogen (secondary N) is 1. The SMILES string of the molecule is CCCNCCCc1nnc(-c2cc(C)cc(Cl)c2)s1. The van der Waals surface area contributed by atoms with Crippen molar-refractivity contribution in [3.05, 3.63) is 33.8 Å². The van der Waals surface area contributed by atoms with E-state index < -0.39 is 0 Å². The van der Waals surface area contributed by atoms with E-state index in [2.05, 4.69) is 28.5 Å². The molecule has 2 rings (SSSR count). The first kappa shape index (κ1) is 15.4. The lowest BCUT2D eigenvalue weighted by Crippen LogP contribution is -2.16. The van der Waals surface area contributed by atoms with Gasteiger partial charge >= 0.3 is 0 Å². The van der Waals surface area contributed by atoms with Gasteiger partial charge < -0.3 is 5.32 Å². The van der Waals surface area contributed by atoms with E-state index >= 15 is 0 Å². The van der Waals surface area contributed by atoms with Crippen LogP contribution in [0.5, 0.6) is 0 Å². The maximum Gasteiger partial charge on any atom is 0.147 e. The summed E-state index contributed by atoms with van der Waals surface area (Å²) < 4.78 is 0. The zero-order valence-electron chi connectivity index (χ0n) is 11.9. The molecule has 2 aromatic rings. The summed E-state index contributed by atoms with van der Waals surface area (Å²) in [4.78, 5) is 0. The largest absolute Gasteiger partial charge is 0.317 e. The van der Waals surface area contributed by atoms with Crippen molar-refractivity contribution in [3.63, 3.8) is 0 Å². The van der Waals surface area contributed by atoms with Crippen LogP contribution in [0.2, 0.25) is 5.02 Å². The van der Waals surface area contributed by atoms with Gasteiger partial charge in [0.25, 0.3) is 0 Å². The average Bonchev–Trinajstić information content (AvgIpc) is 2.86. The van der Waals surface area contributed by atoms with Crippen molar-refractivity contribution in [2.24, 2.45) is 0 Å². The maximum atomic E-state index is 6.09. The van der Waals surface area contributed by atoms with Crippen LogP contribution in [-0.4, -0.2) is 23.3 Å². The van der Waals surface area contributed by atoms with Gasteiger partial charge in [-0.2, -0.15) is 0 Å². The third-order valence-corrected chi connectivity index (χ3v) is 4.18. The molecule has 0 spiro atoms. The van der Waals surface area contributed by atoms with Gasteiger partial charge in [0.2, 0.25) is 0 Å². The van der Waals surface area contributed by atoms with Gasteiger partial charge in [0.05, 0.1) is 0 Å². The molecular formula is C15H20ClN3S. The molecule has 0 bridgehead atoms. The first-order valence-electron chi connectivity index (χ1n) is 6.99. The average molecular weight is 310 g/mol. The molecule has 20 heavy (non-hydrogen) atoms. The van der Waals surface area contributed by atoms with Crippen molar-refractivity contribution < 1.29 is 0 Å². The van der Waals surface area contributed by atoms with Gasteiger partial charge in [-0.3, -0.25) is 0 Å². The van der Waals surface area contributed by atoms with Crippen LogP contribution >= 0.6 is 22.9 Å². The van der Waals surface area contributed by atoms with Crippen LogP contribution in [0.4, 0.5) is 0 Å². The molecule has 3 nitrogen and oxygen atoms in total. The number of hydrogen-bond acceptors (Lipinski definition) is 4. The maximum absolute atomic E-state index is 6.09. The van der Waals surface area contributed by atoms with E-state index in [0.717, 1.165) is 52.1 Å². The van der Waals surface area contributed by atoms with Crippen LogP contribution in [-0.2, 0) is 6.42 Å². The number of aromatic nitrogens is 2. The van der Waals surface area contributed by atoms with E-state index in [0.29, 0.717) is 0 Å². The molecule has 0 unspecified atom stereocenters. The third kappa shape index (κ3) is 4.54. The second-order valence-electron chi connectivity index (χ2n) is 4.87. The van der Waals surface area contributed by atoms with E-state index in [1.54, 1.807) is 11.3 Å². The van der Waals surface area contributed by atoms with E-state index in [1.807, 2.05) is 19.1 Å². The van der Waals surface area contributed by atoms with Gasteiger partial charge in [-0.25, -0.2) is 0 Å². The number of nitrogens with zero attached hydrogens (tertiary/aromatic N) is 2. The van der Waals surface area contributed by atoms with Gasteiger partial charge in [-0.05, 0) is 56.6 Å². The highest BCUT2D eigenvalue weighted by Crippen LogP contribution is 2.27. The molecule has 1 aromatic heterocycles. The van der Waals surface area contributed by atoms with Gasteiger partial charge in [0, 0.05) is 17.0 Å². The molecule has 0 atom stereocenters. The van der Waals surface area contributed by atoms with Crippen LogP contribution in [0, 0.1) is 6.92 Å². The number of benzene rings is 1. The molecule has 0 saturated carbocycles. The Morgan fingerprint density at radius 2 is 2.05 bits per heavy atom. The first-order chi connectivity index (χ1) is 9.69. The molecule has 0 amide bonds. The van der Waals surface area contributed by atoms with Crippen LogP contribution < -0.4 is 5.32 Å². The number of halogens is 1. The van der Waals surface area contributed by atoms with Gasteiger partial charge in [-0.1, -0.05) is 29.9 Å². The lowest BCUT2D eigenvalue weighted by atomic mass is 10.1. The Bertz CT molecular complexity index is 534. The van der Waals surface area contributed by atoms with Crippen LogP contribution in [0.25, 0.3) is 10.6 Å². The molecule has 5 heteroatoms. The Balaban J connectivity index is 1.94. The highest BCUT2D eigenvalue weighted by Gasteiger charge is 2.07. The summed E-state index contributed by atoms with van der Waals surface area (Å²) in [7, 11) is 0. The summed E-state index contributed by atoms with van der Waals surface area (Å²) in [5, 5.41) is 14.7. The minimum absolute atomic E-state index is 0.750. The summed E-state index contributed by atoms with van der Waals surface area (Å²) >= 11 is 7.75. The standard InChI is InChI=1S/C15H20ClN3S/c1-3-6-17-7-4-5-14-18-19-15(20-14)12-8-11(2)9-13(16)10-12/h8-10,17H,3-7H2,1-2H3. The van der Waals surface area contributed by atoms with Crippen molar-refractivity contribution in [3.8, 4) is 10.6 Å². The summed E-state index contributed by atoms with van der Waals surface area (Å²) in [5.41, 5.74) is 2.20. The second kappa shape index (κ2) is 7.72. The molecule has 0 saturated heterocycles. The predicted octanol–water partition coefficient (Wildman–Crippen LogP) is 4.10. The van der Waals surface area contributed by atoms with Crippen LogP contribution in [0.3, 0.4) is 0 Å². The van der Waals surface area contributed by atoms with E-state index in [1.165, 1.54) is 6.42 Å². The Labute approximate surface area is 129 Å². The quantitative estimate of drug-likeness (QED) is 0.783. The summed E-state index contributed by atoms with van der Waals surface area (Å²) in [6.07, 6.45) is 3.26. The number of rotatable bonds is 7. The minimum atomic E-state index is 0.750. The fourth-order valence-electron chi connectivity index (χ4n) is 2.00. The molecule has 0 radical (unpaired) electrons. The Morgan fingerprint density at radius 3 is 2.80 bits per heavy atom. The van der Waals surface area contributed by atoms with Gasteiger partial charge in [-0.15, -0.1) is 10.2 Å². The molecule has 0 aliphatic carbocycles. The van der Waals surface area contributed by atoms with Crippen molar-refractivity contribution in [1.82, 2.24) is 15.5 Å². The lowest BCUT2D eigenvalue weighted by Gasteiger charge is -2.00.